The van der Waals surface area contributed by atoms with Crippen LogP contribution in [0.2, 0.25) is 0 Å². The molecule has 14 heavy (non-hydrogen) atoms. The highest BCUT2D eigenvalue weighted by Gasteiger charge is 2.23. The lowest BCUT2D eigenvalue weighted by Gasteiger charge is -2.09. The van der Waals surface area contributed by atoms with Crippen molar-refractivity contribution in [3.8, 4) is 0 Å². The number of likely N-dealkylation sites (N-methyl/N-ethyl adjacent to an activating group) is 1. The zero-order chi connectivity index (χ0) is 10.1. The Kier molecular flexibility index (Phi) is 2.20. The van der Waals surface area contributed by atoms with E-state index in [4.69, 9.17) is 0 Å². The van der Waals surface area contributed by atoms with Gasteiger partial charge in [0.25, 0.3) is 0 Å². The summed E-state index contributed by atoms with van der Waals surface area (Å²) in [5, 5.41) is 10.4. The van der Waals surface area contributed by atoms with E-state index in [0.29, 0.717) is 6.04 Å². The molecule has 0 saturated carbocycles. The minimum absolute atomic E-state index is 0.0699. The molecule has 0 amide bonds. The van der Waals surface area contributed by atoms with E-state index in [9.17, 15) is 10.1 Å². The van der Waals surface area contributed by atoms with Crippen LogP contribution in [-0.4, -0.2) is 39.5 Å². The fourth-order valence-corrected chi connectivity index (χ4v) is 1.77. The van der Waals surface area contributed by atoms with E-state index in [0.717, 1.165) is 19.5 Å². The highest BCUT2D eigenvalue weighted by atomic mass is 16.6. The van der Waals surface area contributed by atoms with Crippen molar-refractivity contribution in [3.05, 3.63) is 22.6 Å². The van der Waals surface area contributed by atoms with Gasteiger partial charge >= 0.3 is 5.82 Å². The van der Waals surface area contributed by atoms with Crippen LogP contribution in [0.1, 0.15) is 12.5 Å². The molecule has 0 spiro atoms. The second-order valence-corrected chi connectivity index (χ2v) is 3.64. The Bertz CT molecular complexity index is 349. The first-order chi connectivity index (χ1) is 6.66. The van der Waals surface area contributed by atoms with E-state index in [2.05, 4.69) is 9.88 Å². The standard InChI is InChI=1S/C8H12N4O2/c1-10-3-2-7(4-10)11-5-8(9-6-11)12(13)14/h5-7H,2-4H2,1H3. The Morgan fingerprint density at radius 1 is 1.71 bits per heavy atom. The Balaban J connectivity index is 2.13. The van der Waals surface area contributed by atoms with Crippen LogP contribution in [0.15, 0.2) is 12.5 Å². The molecule has 0 radical (unpaired) electrons. The molecule has 2 rings (SSSR count). The summed E-state index contributed by atoms with van der Waals surface area (Å²) in [6.07, 6.45) is 4.08. The van der Waals surface area contributed by atoms with Crippen LogP contribution in [0.5, 0.6) is 0 Å². The van der Waals surface area contributed by atoms with Crippen molar-refractivity contribution in [1.29, 1.82) is 0 Å². The van der Waals surface area contributed by atoms with Gasteiger partial charge in [0.15, 0.2) is 0 Å². The van der Waals surface area contributed by atoms with E-state index < -0.39 is 4.92 Å². The van der Waals surface area contributed by atoms with Crippen molar-refractivity contribution in [3.63, 3.8) is 0 Å². The van der Waals surface area contributed by atoms with Crippen molar-refractivity contribution < 1.29 is 4.92 Å². The molecule has 6 nitrogen and oxygen atoms in total. The lowest BCUT2D eigenvalue weighted by molar-refractivity contribution is -0.389. The first kappa shape index (κ1) is 9.14. The maximum atomic E-state index is 10.4. The number of rotatable bonds is 2. The molecule has 2 heterocycles. The molecule has 1 unspecified atom stereocenters. The molecule has 76 valence electrons. The Morgan fingerprint density at radius 3 is 3.00 bits per heavy atom. The molecule has 1 atom stereocenters. The second-order valence-electron chi connectivity index (χ2n) is 3.64. The summed E-state index contributed by atoms with van der Waals surface area (Å²) in [5.41, 5.74) is 0. The van der Waals surface area contributed by atoms with Crippen molar-refractivity contribution in [2.24, 2.45) is 0 Å². The summed E-state index contributed by atoms with van der Waals surface area (Å²) >= 11 is 0. The van der Waals surface area contributed by atoms with Crippen molar-refractivity contribution in [2.75, 3.05) is 20.1 Å². The molecule has 1 aromatic rings. The van der Waals surface area contributed by atoms with Gasteiger partial charge in [0.1, 0.15) is 6.20 Å². The molecule has 1 fully saturated rings. The van der Waals surface area contributed by atoms with E-state index in [1.165, 1.54) is 6.20 Å². The van der Waals surface area contributed by atoms with Crippen LogP contribution >= 0.6 is 0 Å². The summed E-state index contributed by atoms with van der Waals surface area (Å²) < 4.78 is 1.83. The third kappa shape index (κ3) is 1.60. The predicted octanol–water partition coefficient (Wildman–Crippen LogP) is 0.668. The van der Waals surface area contributed by atoms with Crippen LogP contribution in [-0.2, 0) is 0 Å². The monoisotopic (exact) mass is 196 g/mol. The number of hydrogen-bond donors (Lipinski definition) is 0. The zero-order valence-corrected chi connectivity index (χ0v) is 7.96. The summed E-state index contributed by atoms with van der Waals surface area (Å²) in [7, 11) is 2.05. The average molecular weight is 196 g/mol. The molecular formula is C8H12N4O2. The van der Waals surface area contributed by atoms with Crippen molar-refractivity contribution >= 4 is 5.82 Å². The van der Waals surface area contributed by atoms with Gasteiger partial charge in [0, 0.05) is 6.54 Å². The predicted molar refractivity (Wildman–Crippen MR) is 50.0 cm³/mol. The van der Waals surface area contributed by atoms with Gasteiger partial charge in [-0.3, -0.25) is 0 Å². The van der Waals surface area contributed by atoms with Crippen LogP contribution in [0.3, 0.4) is 0 Å². The van der Waals surface area contributed by atoms with Gasteiger partial charge in [0.2, 0.25) is 6.33 Å². The molecule has 0 bridgehead atoms. The first-order valence-corrected chi connectivity index (χ1v) is 4.53. The minimum atomic E-state index is -0.463. The maximum absolute atomic E-state index is 10.4. The molecule has 0 N–H and O–H groups in total. The molecule has 0 aromatic carbocycles. The maximum Gasteiger partial charge on any atom is 0.381 e. The first-order valence-electron chi connectivity index (χ1n) is 4.53. The van der Waals surface area contributed by atoms with Crippen LogP contribution in [0.25, 0.3) is 0 Å². The molecule has 1 aliphatic rings. The zero-order valence-electron chi connectivity index (χ0n) is 7.96. The van der Waals surface area contributed by atoms with Crippen LogP contribution in [0, 0.1) is 10.1 Å². The topological polar surface area (TPSA) is 64.2 Å². The van der Waals surface area contributed by atoms with Crippen LogP contribution in [0.4, 0.5) is 5.82 Å². The Morgan fingerprint density at radius 2 is 2.50 bits per heavy atom. The highest BCUT2D eigenvalue weighted by molar-refractivity contribution is 5.13. The molecule has 6 heteroatoms. The summed E-state index contributed by atoms with van der Waals surface area (Å²) in [6.45, 7) is 1.98. The molecule has 0 aliphatic carbocycles. The highest BCUT2D eigenvalue weighted by Crippen LogP contribution is 2.21. The number of nitrogens with zero attached hydrogens (tertiary/aromatic N) is 4. The fraction of sp³-hybridized carbons (Fsp3) is 0.625. The number of imidazole rings is 1. The lowest BCUT2D eigenvalue weighted by atomic mass is 10.3. The van der Waals surface area contributed by atoms with Gasteiger partial charge in [-0.2, -0.15) is 0 Å². The van der Waals surface area contributed by atoms with E-state index in [-0.39, 0.29) is 5.82 Å². The van der Waals surface area contributed by atoms with Gasteiger partial charge < -0.3 is 19.6 Å². The van der Waals surface area contributed by atoms with Gasteiger partial charge in [0.05, 0.1) is 6.04 Å². The van der Waals surface area contributed by atoms with Crippen LogP contribution < -0.4 is 0 Å². The lowest BCUT2D eigenvalue weighted by Crippen LogP contribution is -2.15. The van der Waals surface area contributed by atoms with Gasteiger partial charge in [-0.15, -0.1) is 0 Å². The number of hydrogen-bond acceptors (Lipinski definition) is 4. The molecule has 1 aromatic heterocycles. The van der Waals surface area contributed by atoms with Gasteiger partial charge in [-0.25, -0.2) is 0 Å². The minimum Gasteiger partial charge on any atom is -0.358 e. The van der Waals surface area contributed by atoms with E-state index in [1.807, 2.05) is 11.6 Å². The smallest absolute Gasteiger partial charge is 0.358 e. The van der Waals surface area contributed by atoms with Crippen molar-refractivity contribution in [2.45, 2.75) is 12.5 Å². The van der Waals surface area contributed by atoms with E-state index in [1.54, 1.807) is 6.33 Å². The third-order valence-corrected chi connectivity index (χ3v) is 2.56. The third-order valence-electron chi connectivity index (χ3n) is 2.56. The van der Waals surface area contributed by atoms with Gasteiger partial charge in [-0.1, -0.05) is 0 Å². The van der Waals surface area contributed by atoms with Gasteiger partial charge in [-0.05, 0) is 29.9 Å². The average Bonchev–Trinajstić information content (AvgIpc) is 2.70. The number of aromatic nitrogens is 2. The normalized spacial score (nSPS) is 22.8. The SMILES string of the molecule is CN1CCC(n2cnc([N+](=O)[O-])c2)C1. The summed E-state index contributed by atoms with van der Waals surface area (Å²) in [5.74, 6) is -0.0699. The second kappa shape index (κ2) is 3.38. The summed E-state index contributed by atoms with van der Waals surface area (Å²) in [6, 6.07) is 0.334. The Hall–Kier alpha value is -1.43. The number of likely N-dealkylation sites (tertiary alicyclic amines) is 1. The quantitative estimate of drug-likeness (QED) is 0.515. The summed E-state index contributed by atoms with van der Waals surface area (Å²) in [4.78, 5) is 15.9. The molecule has 1 aliphatic heterocycles. The fourth-order valence-electron chi connectivity index (χ4n) is 1.77. The van der Waals surface area contributed by atoms with Crippen molar-refractivity contribution in [1.82, 2.24) is 14.5 Å². The number of nitro groups is 1. The molecule has 1 saturated heterocycles. The van der Waals surface area contributed by atoms with E-state index >= 15 is 0 Å². The molecular weight excluding hydrogens is 184 g/mol. The Labute approximate surface area is 81.3 Å². The largest absolute Gasteiger partial charge is 0.381 e.